The Morgan fingerprint density at radius 3 is 3.05 bits per heavy atom. The standard InChI is InChI=1S/C15H17FN4O2/c1-4-17-14(13-11(9-16)6-7-18-13)20-12(8-10(3)19-20)15(21)22-5-2/h4,6-8,18H,1,5,9H2,2-3H3. The number of ether oxygens (including phenoxy) is 1. The molecule has 7 heteroatoms. The molecule has 0 spiro atoms. The highest BCUT2D eigenvalue weighted by molar-refractivity contribution is 6.03. The van der Waals surface area contributed by atoms with Crippen molar-refractivity contribution >= 4 is 11.8 Å². The molecule has 0 atom stereocenters. The molecule has 0 saturated carbocycles. The largest absolute Gasteiger partial charge is 0.461 e. The lowest BCUT2D eigenvalue weighted by molar-refractivity contribution is 0.0516. The number of carbonyl (C=O) groups is 1. The number of rotatable bonds is 5. The molecule has 0 aliphatic heterocycles. The molecule has 0 aromatic carbocycles. The number of carbonyl (C=O) groups excluding carboxylic acids is 1. The van der Waals surface area contributed by atoms with E-state index in [0.717, 1.165) is 0 Å². The number of nitrogens with zero attached hydrogens (tertiary/aromatic N) is 3. The van der Waals surface area contributed by atoms with Gasteiger partial charge in [0.25, 0.3) is 0 Å². The summed E-state index contributed by atoms with van der Waals surface area (Å²) in [6, 6.07) is 3.20. The molecule has 116 valence electrons. The first-order chi connectivity index (χ1) is 10.6. The molecule has 0 aliphatic rings. The second-order valence-electron chi connectivity index (χ2n) is 4.45. The lowest BCUT2D eigenvalue weighted by Gasteiger charge is -2.09. The van der Waals surface area contributed by atoms with Crippen LogP contribution in [0.5, 0.6) is 0 Å². The maximum absolute atomic E-state index is 13.1. The van der Waals surface area contributed by atoms with Crippen LogP contribution in [0.25, 0.3) is 0 Å². The first kappa shape index (κ1) is 15.7. The first-order valence-electron chi connectivity index (χ1n) is 6.77. The summed E-state index contributed by atoms with van der Waals surface area (Å²) in [6.07, 6.45) is 2.91. The third-order valence-corrected chi connectivity index (χ3v) is 2.93. The average molecular weight is 304 g/mol. The minimum atomic E-state index is -0.663. The Morgan fingerprint density at radius 1 is 1.64 bits per heavy atom. The van der Waals surface area contributed by atoms with Crippen molar-refractivity contribution in [2.24, 2.45) is 4.99 Å². The van der Waals surface area contributed by atoms with Gasteiger partial charge in [-0.1, -0.05) is 6.58 Å². The Kier molecular flexibility index (Phi) is 4.88. The summed E-state index contributed by atoms with van der Waals surface area (Å²) in [4.78, 5) is 19.1. The minimum absolute atomic E-state index is 0.222. The van der Waals surface area contributed by atoms with E-state index in [-0.39, 0.29) is 18.1 Å². The van der Waals surface area contributed by atoms with Crippen molar-refractivity contribution in [3.63, 3.8) is 0 Å². The van der Waals surface area contributed by atoms with Gasteiger partial charge in [0.05, 0.1) is 18.0 Å². The van der Waals surface area contributed by atoms with E-state index in [2.05, 4.69) is 21.7 Å². The fourth-order valence-corrected chi connectivity index (χ4v) is 2.04. The van der Waals surface area contributed by atoms with Gasteiger partial charge in [-0.25, -0.2) is 18.9 Å². The van der Waals surface area contributed by atoms with Crippen LogP contribution in [0.15, 0.2) is 36.1 Å². The van der Waals surface area contributed by atoms with E-state index >= 15 is 0 Å². The van der Waals surface area contributed by atoms with Crippen LogP contribution in [0.4, 0.5) is 4.39 Å². The van der Waals surface area contributed by atoms with Crippen LogP contribution in [0.3, 0.4) is 0 Å². The number of H-pyrrole nitrogens is 1. The van der Waals surface area contributed by atoms with Crippen molar-refractivity contribution in [1.29, 1.82) is 0 Å². The van der Waals surface area contributed by atoms with Crippen molar-refractivity contribution in [2.75, 3.05) is 6.61 Å². The number of alkyl halides is 1. The van der Waals surface area contributed by atoms with Crippen molar-refractivity contribution in [3.05, 3.63) is 53.8 Å². The highest BCUT2D eigenvalue weighted by Crippen LogP contribution is 2.15. The molecule has 2 aromatic heterocycles. The zero-order valence-corrected chi connectivity index (χ0v) is 12.5. The van der Waals surface area contributed by atoms with Gasteiger partial charge in [-0.15, -0.1) is 0 Å². The summed E-state index contributed by atoms with van der Waals surface area (Å²) in [5.74, 6) is -0.239. The number of esters is 1. The average Bonchev–Trinajstić information content (AvgIpc) is 3.11. The Hall–Kier alpha value is -2.70. The topological polar surface area (TPSA) is 72.3 Å². The van der Waals surface area contributed by atoms with Crippen molar-refractivity contribution in [1.82, 2.24) is 14.8 Å². The molecule has 2 aromatic rings. The molecule has 0 aliphatic carbocycles. The number of hydrogen-bond donors (Lipinski definition) is 1. The van der Waals surface area contributed by atoms with Gasteiger partial charge in [0.1, 0.15) is 6.67 Å². The van der Waals surface area contributed by atoms with E-state index in [0.29, 0.717) is 17.0 Å². The summed E-state index contributed by atoms with van der Waals surface area (Å²) in [7, 11) is 0. The van der Waals surface area contributed by atoms with Crippen LogP contribution in [-0.2, 0) is 11.4 Å². The summed E-state index contributed by atoms with van der Waals surface area (Å²) < 4.78 is 19.5. The van der Waals surface area contributed by atoms with Crippen molar-refractivity contribution < 1.29 is 13.9 Å². The second-order valence-corrected chi connectivity index (χ2v) is 4.45. The smallest absolute Gasteiger partial charge is 0.357 e. The molecular formula is C15H17FN4O2. The molecule has 2 rings (SSSR count). The predicted octanol–water partition coefficient (Wildman–Crippen LogP) is 2.60. The molecule has 22 heavy (non-hydrogen) atoms. The normalized spacial score (nSPS) is 11.5. The third-order valence-electron chi connectivity index (χ3n) is 2.93. The molecule has 2 heterocycles. The van der Waals surface area contributed by atoms with Gasteiger partial charge in [0.15, 0.2) is 11.5 Å². The quantitative estimate of drug-likeness (QED) is 0.524. The van der Waals surface area contributed by atoms with Crippen LogP contribution in [0, 0.1) is 6.92 Å². The molecule has 0 fully saturated rings. The number of nitrogens with one attached hydrogen (secondary N) is 1. The SMILES string of the molecule is C=CN=C(c1[nH]ccc1CF)n1nc(C)cc1C(=O)OCC. The molecule has 0 bridgehead atoms. The van der Waals surface area contributed by atoms with Crippen molar-refractivity contribution in [2.45, 2.75) is 20.5 Å². The van der Waals surface area contributed by atoms with E-state index in [9.17, 15) is 9.18 Å². The molecular weight excluding hydrogens is 287 g/mol. The van der Waals surface area contributed by atoms with Crippen LogP contribution in [0.2, 0.25) is 0 Å². The molecule has 0 saturated heterocycles. The van der Waals surface area contributed by atoms with Gasteiger partial charge in [-0.2, -0.15) is 5.10 Å². The van der Waals surface area contributed by atoms with E-state index in [1.54, 1.807) is 32.2 Å². The van der Waals surface area contributed by atoms with Gasteiger partial charge in [0, 0.05) is 18.0 Å². The number of aromatic amines is 1. The number of aromatic nitrogens is 3. The van der Waals surface area contributed by atoms with E-state index in [1.165, 1.54) is 10.9 Å². The summed E-state index contributed by atoms with van der Waals surface area (Å²) >= 11 is 0. The lowest BCUT2D eigenvalue weighted by Crippen LogP contribution is -2.22. The molecule has 1 N–H and O–H groups in total. The zero-order chi connectivity index (χ0) is 16.1. The van der Waals surface area contributed by atoms with E-state index in [1.807, 2.05) is 0 Å². The number of hydrogen-bond acceptors (Lipinski definition) is 4. The van der Waals surface area contributed by atoms with Gasteiger partial charge in [-0.05, 0) is 26.0 Å². The van der Waals surface area contributed by atoms with Gasteiger partial charge < -0.3 is 9.72 Å². The van der Waals surface area contributed by atoms with Crippen LogP contribution in [0.1, 0.15) is 34.4 Å². The summed E-state index contributed by atoms with van der Waals surface area (Å²) in [5.41, 5.74) is 1.70. The Morgan fingerprint density at radius 2 is 2.41 bits per heavy atom. The fourth-order valence-electron chi connectivity index (χ4n) is 2.04. The minimum Gasteiger partial charge on any atom is -0.461 e. The zero-order valence-electron chi connectivity index (χ0n) is 12.5. The van der Waals surface area contributed by atoms with Gasteiger partial charge >= 0.3 is 5.97 Å². The Labute approximate surface area is 127 Å². The predicted molar refractivity (Wildman–Crippen MR) is 80.7 cm³/mol. The highest BCUT2D eigenvalue weighted by atomic mass is 19.1. The van der Waals surface area contributed by atoms with Crippen LogP contribution in [-0.4, -0.2) is 33.2 Å². The number of aliphatic imine (C=N–C) groups is 1. The summed E-state index contributed by atoms with van der Waals surface area (Å²) in [5, 5.41) is 4.26. The molecule has 0 amide bonds. The highest BCUT2D eigenvalue weighted by Gasteiger charge is 2.22. The van der Waals surface area contributed by atoms with Crippen molar-refractivity contribution in [3.8, 4) is 0 Å². The number of halogens is 1. The fraction of sp³-hybridized carbons (Fsp3) is 0.267. The van der Waals surface area contributed by atoms with Gasteiger partial charge in [0.2, 0.25) is 0 Å². The van der Waals surface area contributed by atoms with E-state index in [4.69, 9.17) is 4.74 Å². The molecule has 0 radical (unpaired) electrons. The first-order valence-corrected chi connectivity index (χ1v) is 6.77. The maximum Gasteiger partial charge on any atom is 0.357 e. The maximum atomic E-state index is 13.1. The summed E-state index contributed by atoms with van der Waals surface area (Å²) in [6.45, 7) is 6.60. The second kappa shape index (κ2) is 6.84. The van der Waals surface area contributed by atoms with Gasteiger partial charge in [-0.3, -0.25) is 0 Å². The van der Waals surface area contributed by atoms with Crippen LogP contribution >= 0.6 is 0 Å². The molecule has 6 nitrogen and oxygen atoms in total. The van der Waals surface area contributed by atoms with Crippen LogP contribution < -0.4 is 0 Å². The lowest BCUT2D eigenvalue weighted by atomic mass is 10.2. The number of aryl methyl sites for hydroxylation is 1. The third kappa shape index (κ3) is 2.98. The Bertz CT molecular complexity index is 715. The monoisotopic (exact) mass is 304 g/mol. The Balaban J connectivity index is 2.58. The van der Waals surface area contributed by atoms with E-state index < -0.39 is 12.6 Å². The molecule has 0 unspecified atom stereocenters.